The Kier molecular flexibility index (Phi) is 5.26. The molecule has 0 radical (unpaired) electrons. The zero-order valence-electron chi connectivity index (χ0n) is 15.9. The lowest BCUT2D eigenvalue weighted by atomic mass is 10.00. The number of aromatic nitrogens is 2. The van der Waals surface area contributed by atoms with Crippen LogP contribution in [0.5, 0.6) is 0 Å². The van der Waals surface area contributed by atoms with Crippen LogP contribution in [-0.4, -0.2) is 28.1 Å². The van der Waals surface area contributed by atoms with E-state index in [9.17, 15) is 0 Å². The van der Waals surface area contributed by atoms with Gasteiger partial charge in [-0.3, -0.25) is 0 Å². The second kappa shape index (κ2) is 7.42. The molecule has 0 spiro atoms. The number of piperidine rings is 1. The minimum Gasteiger partial charge on any atom is -0.365 e. The topological polar surface area (TPSA) is 41.0 Å². The molecule has 1 saturated heterocycles. The van der Waals surface area contributed by atoms with Gasteiger partial charge in [-0.15, -0.1) is 0 Å². The summed E-state index contributed by atoms with van der Waals surface area (Å²) in [6, 6.07) is 13.0. The summed E-state index contributed by atoms with van der Waals surface area (Å²) >= 11 is 0. The first kappa shape index (κ1) is 17.7. The van der Waals surface area contributed by atoms with E-state index in [4.69, 9.17) is 9.97 Å². The minimum absolute atomic E-state index is 0.0361. The molecule has 1 aromatic heterocycles. The van der Waals surface area contributed by atoms with Crippen LogP contribution in [0.1, 0.15) is 53.4 Å². The van der Waals surface area contributed by atoms with Crippen molar-refractivity contribution >= 4 is 11.6 Å². The van der Waals surface area contributed by atoms with Gasteiger partial charge >= 0.3 is 0 Å². The van der Waals surface area contributed by atoms with Crippen LogP contribution in [0.15, 0.2) is 36.4 Å². The maximum atomic E-state index is 4.93. The van der Waals surface area contributed by atoms with Crippen LogP contribution < -0.4 is 10.2 Å². The average Bonchev–Trinajstić information content (AvgIpc) is 2.60. The lowest BCUT2D eigenvalue weighted by Crippen LogP contribution is -2.40. The van der Waals surface area contributed by atoms with E-state index >= 15 is 0 Å². The average molecular weight is 338 g/mol. The van der Waals surface area contributed by atoms with Crippen LogP contribution in [0.4, 0.5) is 11.6 Å². The molecule has 0 aliphatic carbocycles. The highest BCUT2D eigenvalue weighted by Gasteiger charge is 2.24. The molecule has 1 aliphatic heterocycles. The molecule has 1 aromatic carbocycles. The molecule has 4 nitrogen and oxygen atoms in total. The van der Waals surface area contributed by atoms with Crippen molar-refractivity contribution in [3.05, 3.63) is 36.4 Å². The van der Waals surface area contributed by atoms with Crippen LogP contribution in [-0.2, 0) is 0 Å². The highest BCUT2D eigenvalue weighted by molar-refractivity contribution is 5.62. The number of anilines is 2. The number of nitrogens with one attached hydrogen (secondary N) is 1. The van der Waals surface area contributed by atoms with Gasteiger partial charge in [-0.1, -0.05) is 37.3 Å². The molecule has 1 unspecified atom stereocenters. The van der Waals surface area contributed by atoms with Gasteiger partial charge in [0.05, 0.1) is 0 Å². The first-order valence-corrected chi connectivity index (χ1v) is 9.45. The smallest absolute Gasteiger partial charge is 0.163 e. The Bertz CT molecular complexity index is 691. The molecule has 0 bridgehead atoms. The third kappa shape index (κ3) is 4.50. The van der Waals surface area contributed by atoms with Crippen molar-refractivity contribution in [3.8, 4) is 11.4 Å². The van der Waals surface area contributed by atoms with E-state index in [1.54, 1.807) is 0 Å². The van der Waals surface area contributed by atoms with E-state index in [0.29, 0.717) is 6.04 Å². The van der Waals surface area contributed by atoms with Crippen LogP contribution >= 0.6 is 0 Å². The first-order chi connectivity index (χ1) is 12.0. The van der Waals surface area contributed by atoms with E-state index in [0.717, 1.165) is 36.0 Å². The minimum atomic E-state index is -0.0361. The maximum absolute atomic E-state index is 4.93. The molecule has 1 N–H and O–H groups in total. The van der Waals surface area contributed by atoms with Gasteiger partial charge in [0.1, 0.15) is 11.6 Å². The summed E-state index contributed by atoms with van der Waals surface area (Å²) in [6.07, 6.45) is 4.97. The normalized spacial score (nSPS) is 18.2. The predicted octanol–water partition coefficient (Wildman–Crippen LogP) is 5.12. The van der Waals surface area contributed by atoms with Crippen molar-refractivity contribution in [1.82, 2.24) is 9.97 Å². The molecule has 0 amide bonds. The highest BCUT2D eigenvalue weighted by atomic mass is 15.2. The fraction of sp³-hybridized carbons (Fsp3) is 0.524. The number of benzene rings is 1. The van der Waals surface area contributed by atoms with Gasteiger partial charge in [-0.2, -0.15) is 0 Å². The maximum Gasteiger partial charge on any atom is 0.163 e. The summed E-state index contributed by atoms with van der Waals surface area (Å²) in [4.78, 5) is 12.2. The lowest BCUT2D eigenvalue weighted by molar-refractivity contribution is 0.447. The Morgan fingerprint density at radius 1 is 1.12 bits per heavy atom. The summed E-state index contributed by atoms with van der Waals surface area (Å²) in [5, 5.41) is 3.53. The monoisotopic (exact) mass is 338 g/mol. The second-order valence-electron chi connectivity index (χ2n) is 7.93. The molecule has 2 heterocycles. The molecule has 0 saturated carbocycles. The van der Waals surface area contributed by atoms with Gasteiger partial charge in [0, 0.05) is 29.8 Å². The van der Waals surface area contributed by atoms with Gasteiger partial charge in [-0.05, 0) is 46.5 Å². The quantitative estimate of drug-likeness (QED) is 0.840. The Morgan fingerprint density at radius 2 is 1.88 bits per heavy atom. The SMILES string of the molecule is CCC1CCCCN1c1cc(NC(C)(C)C)nc(-c2ccccc2)n1. The van der Waals surface area contributed by atoms with Gasteiger partial charge in [0.25, 0.3) is 0 Å². The van der Waals surface area contributed by atoms with E-state index in [1.807, 2.05) is 18.2 Å². The van der Waals surface area contributed by atoms with E-state index in [-0.39, 0.29) is 5.54 Å². The van der Waals surface area contributed by atoms with E-state index in [1.165, 1.54) is 19.3 Å². The zero-order chi connectivity index (χ0) is 17.9. The van der Waals surface area contributed by atoms with Crippen LogP contribution in [0, 0.1) is 0 Å². The van der Waals surface area contributed by atoms with Crippen molar-refractivity contribution in [2.75, 3.05) is 16.8 Å². The van der Waals surface area contributed by atoms with Crippen molar-refractivity contribution in [1.29, 1.82) is 0 Å². The fourth-order valence-electron chi connectivity index (χ4n) is 3.47. The third-order valence-electron chi connectivity index (χ3n) is 4.64. The van der Waals surface area contributed by atoms with E-state index in [2.05, 4.69) is 56.1 Å². The Labute approximate surface area is 151 Å². The molecule has 2 aromatic rings. The Hall–Kier alpha value is -2.10. The molecule has 3 rings (SSSR count). The summed E-state index contributed by atoms with van der Waals surface area (Å²) < 4.78 is 0. The molecule has 4 heteroatoms. The van der Waals surface area contributed by atoms with Crippen molar-refractivity contribution in [2.24, 2.45) is 0 Å². The van der Waals surface area contributed by atoms with Crippen LogP contribution in [0.3, 0.4) is 0 Å². The van der Waals surface area contributed by atoms with Crippen molar-refractivity contribution in [3.63, 3.8) is 0 Å². The van der Waals surface area contributed by atoms with Gasteiger partial charge in [0.2, 0.25) is 0 Å². The number of hydrogen-bond acceptors (Lipinski definition) is 4. The Balaban J connectivity index is 2.03. The molecular formula is C21H30N4. The van der Waals surface area contributed by atoms with Crippen molar-refractivity contribution in [2.45, 2.75) is 65.0 Å². The largest absolute Gasteiger partial charge is 0.365 e. The van der Waals surface area contributed by atoms with Crippen LogP contribution in [0.25, 0.3) is 11.4 Å². The second-order valence-corrected chi connectivity index (χ2v) is 7.93. The summed E-state index contributed by atoms with van der Waals surface area (Å²) in [5.41, 5.74) is 1.03. The summed E-state index contributed by atoms with van der Waals surface area (Å²) in [6.45, 7) is 9.83. The molecule has 25 heavy (non-hydrogen) atoms. The molecule has 134 valence electrons. The molecule has 1 fully saturated rings. The van der Waals surface area contributed by atoms with Crippen LogP contribution in [0.2, 0.25) is 0 Å². The number of nitrogens with zero attached hydrogens (tertiary/aromatic N) is 3. The summed E-state index contributed by atoms with van der Waals surface area (Å²) in [7, 11) is 0. The fourth-order valence-corrected chi connectivity index (χ4v) is 3.47. The standard InChI is InChI=1S/C21H30N4/c1-5-17-13-9-10-14-25(17)19-15-18(24-21(2,3)4)22-20(23-19)16-11-7-6-8-12-16/h6-8,11-12,15,17H,5,9-10,13-14H2,1-4H3,(H,22,23,24). The van der Waals surface area contributed by atoms with Crippen molar-refractivity contribution < 1.29 is 0 Å². The van der Waals surface area contributed by atoms with Gasteiger partial charge in [-0.25, -0.2) is 9.97 Å². The third-order valence-corrected chi connectivity index (χ3v) is 4.64. The lowest BCUT2D eigenvalue weighted by Gasteiger charge is -2.36. The van der Waals surface area contributed by atoms with Gasteiger partial charge < -0.3 is 10.2 Å². The first-order valence-electron chi connectivity index (χ1n) is 9.45. The number of rotatable bonds is 4. The van der Waals surface area contributed by atoms with Gasteiger partial charge in [0.15, 0.2) is 5.82 Å². The molecule has 1 aliphatic rings. The molecule has 1 atom stereocenters. The highest BCUT2D eigenvalue weighted by Crippen LogP contribution is 2.29. The summed E-state index contributed by atoms with van der Waals surface area (Å²) in [5.74, 6) is 2.74. The zero-order valence-corrected chi connectivity index (χ0v) is 15.9. The number of hydrogen-bond donors (Lipinski definition) is 1. The predicted molar refractivity (Wildman–Crippen MR) is 106 cm³/mol. The molecular weight excluding hydrogens is 308 g/mol. The van der Waals surface area contributed by atoms with E-state index < -0.39 is 0 Å². The Morgan fingerprint density at radius 3 is 2.56 bits per heavy atom.